The highest BCUT2D eigenvalue weighted by Crippen LogP contribution is 2.23. The summed E-state index contributed by atoms with van der Waals surface area (Å²) in [4.78, 5) is 14.4. The molecule has 146 valence electrons. The summed E-state index contributed by atoms with van der Waals surface area (Å²) in [5.41, 5.74) is 3.22. The van der Waals surface area contributed by atoms with Gasteiger partial charge >= 0.3 is 0 Å². The third kappa shape index (κ3) is 5.67. The summed E-state index contributed by atoms with van der Waals surface area (Å²) in [5.74, 6) is 1.36. The van der Waals surface area contributed by atoms with Gasteiger partial charge in [0.15, 0.2) is 0 Å². The van der Waals surface area contributed by atoms with E-state index < -0.39 is 0 Å². The van der Waals surface area contributed by atoms with Crippen molar-refractivity contribution in [2.45, 2.75) is 39.0 Å². The normalized spacial score (nSPS) is 18.2. The van der Waals surface area contributed by atoms with Gasteiger partial charge in [0.05, 0.1) is 5.69 Å². The molecule has 1 aliphatic heterocycles. The molecule has 2 N–H and O–H groups in total. The van der Waals surface area contributed by atoms with Gasteiger partial charge < -0.3 is 10.2 Å². The maximum atomic E-state index is 12.5. The molecule has 1 fully saturated rings. The zero-order chi connectivity index (χ0) is 19.1. The average molecular weight is 369 g/mol. The molecule has 2 atom stereocenters. The average Bonchev–Trinajstić information content (AvgIpc) is 3.18. The summed E-state index contributed by atoms with van der Waals surface area (Å²) >= 11 is 0. The van der Waals surface area contributed by atoms with Crippen LogP contribution in [0.2, 0.25) is 0 Å². The largest absolute Gasteiger partial charge is 0.346 e. The summed E-state index contributed by atoms with van der Waals surface area (Å²) in [7, 11) is 1.93. The number of nitrogens with zero attached hydrogens (tertiary/aromatic N) is 2. The number of amides is 1. The van der Waals surface area contributed by atoms with Crippen LogP contribution >= 0.6 is 0 Å². The molecule has 1 aliphatic rings. The second kappa shape index (κ2) is 9.70. The molecular formula is C22H32N4O. The standard InChI is InChI=1S/C22H32N4O/c1-17(19-10-6-12-23-16-19)14-22(27)26(2)13-7-11-20-15-21(25-24-20)18-8-4-3-5-9-18/h3-5,8-9,15,17,19,23H,6-7,10-14,16H2,1-2H3,(H,24,25). The third-order valence-electron chi connectivity index (χ3n) is 5.70. The van der Waals surface area contributed by atoms with E-state index in [-0.39, 0.29) is 5.91 Å². The first-order valence-electron chi connectivity index (χ1n) is 10.2. The fourth-order valence-corrected chi connectivity index (χ4v) is 3.84. The number of carbonyl (C=O) groups is 1. The van der Waals surface area contributed by atoms with Crippen LogP contribution in [-0.2, 0) is 11.2 Å². The maximum absolute atomic E-state index is 12.5. The molecular weight excluding hydrogens is 336 g/mol. The van der Waals surface area contributed by atoms with Crippen molar-refractivity contribution in [3.63, 3.8) is 0 Å². The molecule has 0 bridgehead atoms. The van der Waals surface area contributed by atoms with Gasteiger partial charge in [0, 0.05) is 31.3 Å². The molecule has 1 aromatic heterocycles. The van der Waals surface area contributed by atoms with Crippen LogP contribution in [0.5, 0.6) is 0 Å². The fourth-order valence-electron chi connectivity index (χ4n) is 3.84. The van der Waals surface area contributed by atoms with Gasteiger partial charge in [0.25, 0.3) is 0 Å². The van der Waals surface area contributed by atoms with E-state index in [0.717, 1.165) is 49.4 Å². The van der Waals surface area contributed by atoms with Crippen molar-refractivity contribution in [2.75, 3.05) is 26.7 Å². The van der Waals surface area contributed by atoms with E-state index in [1.807, 2.05) is 30.1 Å². The van der Waals surface area contributed by atoms with Crippen LogP contribution < -0.4 is 5.32 Å². The van der Waals surface area contributed by atoms with Gasteiger partial charge in [-0.25, -0.2) is 0 Å². The Labute approximate surface area is 162 Å². The Hall–Kier alpha value is -2.14. The lowest BCUT2D eigenvalue weighted by molar-refractivity contribution is -0.131. The number of H-pyrrole nitrogens is 1. The zero-order valence-electron chi connectivity index (χ0n) is 16.6. The van der Waals surface area contributed by atoms with Crippen LogP contribution in [0.4, 0.5) is 0 Å². The number of carbonyl (C=O) groups excluding carboxylic acids is 1. The van der Waals surface area contributed by atoms with Gasteiger partial charge in [-0.2, -0.15) is 5.10 Å². The van der Waals surface area contributed by atoms with Crippen LogP contribution in [-0.4, -0.2) is 47.7 Å². The third-order valence-corrected chi connectivity index (χ3v) is 5.70. The Morgan fingerprint density at radius 3 is 2.89 bits per heavy atom. The number of piperidine rings is 1. The van der Waals surface area contributed by atoms with Crippen molar-refractivity contribution in [3.8, 4) is 11.3 Å². The van der Waals surface area contributed by atoms with E-state index in [0.29, 0.717) is 18.3 Å². The molecule has 0 radical (unpaired) electrons. The van der Waals surface area contributed by atoms with Crippen molar-refractivity contribution in [1.29, 1.82) is 0 Å². The Balaban J connectivity index is 1.40. The molecule has 3 rings (SSSR count). The summed E-state index contributed by atoms with van der Waals surface area (Å²) < 4.78 is 0. The van der Waals surface area contributed by atoms with Gasteiger partial charge in [-0.05, 0) is 56.7 Å². The molecule has 5 heteroatoms. The van der Waals surface area contributed by atoms with E-state index in [9.17, 15) is 4.79 Å². The Bertz CT molecular complexity index is 706. The molecule has 2 aromatic rings. The summed E-state index contributed by atoms with van der Waals surface area (Å²) in [6.45, 7) is 5.19. The number of aryl methyl sites for hydroxylation is 1. The van der Waals surface area contributed by atoms with E-state index in [1.165, 1.54) is 12.8 Å². The lowest BCUT2D eigenvalue weighted by Gasteiger charge is -2.29. The predicted molar refractivity (Wildman–Crippen MR) is 109 cm³/mol. The molecule has 1 amide bonds. The number of benzene rings is 1. The molecule has 0 saturated carbocycles. The summed E-state index contributed by atoms with van der Waals surface area (Å²) in [6, 6.07) is 12.3. The lowest BCUT2D eigenvalue weighted by atomic mass is 9.85. The quantitative estimate of drug-likeness (QED) is 0.750. The van der Waals surface area contributed by atoms with E-state index >= 15 is 0 Å². The second-order valence-electron chi connectivity index (χ2n) is 7.85. The number of aromatic amines is 1. The van der Waals surface area contributed by atoms with E-state index in [4.69, 9.17) is 0 Å². The van der Waals surface area contributed by atoms with Gasteiger partial charge in [0.1, 0.15) is 0 Å². The van der Waals surface area contributed by atoms with E-state index in [2.05, 4.69) is 40.6 Å². The molecule has 5 nitrogen and oxygen atoms in total. The zero-order valence-corrected chi connectivity index (χ0v) is 16.6. The first-order valence-corrected chi connectivity index (χ1v) is 10.2. The topological polar surface area (TPSA) is 61.0 Å². The predicted octanol–water partition coefficient (Wildman–Crippen LogP) is 3.49. The molecule has 0 aliphatic carbocycles. The van der Waals surface area contributed by atoms with Crippen molar-refractivity contribution in [3.05, 3.63) is 42.1 Å². The Morgan fingerprint density at radius 2 is 2.15 bits per heavy atom. The van der Waals surface area contributed by atoms with E-state index in [1.54, 1.807) is 0 Å². The first-order chi connectivity index (χ1) is 13.1. The number of hydrogen-bond acceptors (Lipinski definition) is 3. The number of aromatic nitrogens is 2. The first kappa shape index (κ1) is 19.6. The van der Waals surface area contributed by atoms with Crippen LogP contribution in [0.3, 0.4) is 0 Å². The minimum atomic E-state index is 0.266. The SMILES string of the molecule is CC(CC(=O)N(C)CCCc1cc(-c2ccccc2)n[nH]1)C1CCCNC1. The summed E-state index contributed by atoms with van der Waals surface area (Å²) in [5, 5.41) is 11.0. The van der Waals surface area contributed by atoms with Gasteiger partial charge in [-0.1, -0.05) is 37.3 Å². The highest BCUT2D eigenvalue weighted by atomic mass is 16.2. The summed E-state index contributed by atoms with van der Waals surface area (Å²) in [6.07, 6.45) is 4.98. The van der Waals surface area contributed by atoms with Gasteiger partial charge in [-0.15, -0.1) is 0 Å². The minimum absolute atomic E-state index is 0.266. The molecule has 2 heterocycles. The monoisotopic (exact) mass is 368 g/mol. The van der Waals surface area contributed by atoms with Crippen molar-refractivity contribution >= 4 is 5.91 Å². The van der Waals surface area contributed by atoms with Crippen molar-refractivity contribution in [2.24, 2.45) is 11.8 Å². The highest BCUT2D eigenvalue weighted by molar-refractivity contribution is 5.76. The van der Waals surface area contributed by atoms with Crippen LogP contribution in [0.1, 0.15) is 38.3 Å². The van der Waals surface area contributed by atoms with Gasteiger partial charge in [-0.3, -0.25) is 9.89 Å². The fraction of sp³-hybridized carbons (Fsp3) is 0.545. The Morgan fingerprint density at radius 1 is 1.33 bits per heavy atom. The molecule has 1 saturated heterocycles. The molecule has 2 unspecified atom stereocenters. The molecule has 27 heavy (non-hydrogen) atoms. The second-order valence-corrected chi connectivity index (χ2v) is 7.85. The highest BCUT2D eigenvalue weighted by Gasteiger charge is 2.23. The maximum Gasteiger partial charge on any atom is 0.222 e. The van der Waals surface area contributed by atoms with Crippen molar-refractivity contribution < 1.29 is 4.79 Å². The van der Waals surface area contributed by atoms with Crippen molar-refractivity contribution in [1.82, 2.24) is 20.4 Å². The Kier molecular flexibility index (Phi) is 7.04. The number of rotatable bonds is 8. The van der Waals surface area contributed by atoms with Crippen LogP contribution in [0, 0.1) is 11.8 Å². The minimum Gasteiger partial charge on any atom is -0.346 e. The smallest absolute Gasteiger partial charge is 0.222 e. The van der Waals surface area contributed by atoms with Gasteiger partial charge in [0.2, 0.25) is 5.91 Å². The van der Waals surface area contributed by atoms with Crippen LogP contribution in [0.25, 0.3) is 11.3 Å². The number of hydrogen-bond donors (Lipinski definition) is 2. The lowest BCUT2D eigenvalue weighted by Crippen LogP contribution is -2.36. The molecule has 1 aromatic carbocycles. The number of nitrogens with one attached hydrogen (secondary N) is 2. The molecule has 0 spiro atoms. The van der Waals surface area contributed by atoms with Crippen LogP contribution in [0.15, 0.2) is 36.4 Å².